The van der Waals surface area contributed by atoms with E-state index in [1.54, 1.807) is 13.8 Å². The number of carboxylic acid groups (broad SMARTS) is 1. The highest BCUT2D eigenvalue weighted by atomic mass is 16.5. The van der Waals surface area contributed by atoms with Gasteiger partial charge in [-0.3, -0.25) is 14.4 Å². The Morgan fingerprint density at radius 1 is 1.40 bits per heavy atom. The lowest BCUT2D eigenvalue weighted by atomic mass is 9.80. The summed E-state index contributed by atoms with van der Waals surface area (Å²) in [6.45, 7) is 3.99. The molecule has 0 radical (unpaired) electrons. The molecule has 0 aliphatic carbocycles. The Morgan fingerprint density at radius 3 is 2.60 bits per heavy atom. The van der Waals surface area contributed by atoms with Gasteiger partial charge in [0, 0.05) is 30.8 Å². The van der Waals surface area contributed by atoms with E-state index in [1.165, 1.54) is 23.0 Å². The average molecular weight is 422 g/mol. The van der Waals surface area contributed by atoms with E-state index in [0.29, 0.717) is 13.0 Å². The van der Waals surface area contributed by atoms with Crippen molar-refractivity contribution in [2.75, 3.05) is 27.2 Å². The van der Waals surface area contributed by atoms with Gasteiger partial charge < -0.3 is 30.4 Å². The number of carbonyl (C=O) groups excluding carboxylic acids is 3. The molecular formula is C20H30N4O6. The summed E-state index contributed by atoms with van der Waals surface area (Å²) in [5.74, 6) is -2.46. The van der Waals surface area contributed by atoms with Crippen LogP contribution in [-0.4, -0.2) is 77.5 Å². The number of hydrogen-bond donors (Lipinski definition) is 3. The van der Waals surface area contributed by atoms with Crippen LogP contribution in [0.5, 0.6) is 0 Å². The van der Waals surface area contributed by atoms with Crippen molar-refractivity contribution in [2.24, 2.45) is 11.1 Å². The van der Waals surface area contributed by atoms with Crippen LogP contribution in [0.2, 0.25) is 0 Å². The van der Waals surface area contributed by atoms with Crippen LogP contribution in [0.15, 0.2) is 18.5 Å². The van der Waals surface area contributed by atoms with Crippen molar-refractivity contribution in [1.29, 1.82) is 0 Å². The molecular weight excluding hydrogens is 392 g/mol. The molecule has 2 heterocycles. The third-order valence-corrected chi connectivity index (χ3v) is 5.19. The van der Waals surface area contributed by atoms with E-state index >= 15 is 0 Å². The van der Waals surface area contributed by atoms with E-state index in [4.69, 9.17) is 10.5 Å². The molecule has 10 heteroatoms. The highest BCUT2D eigenvalue weighted by molar-refractivity contribution is 5.93. The van der Waals surface area contributed by atoms with E-state index in [-0.39, 0.29) is 24.4 Å². The van der Waals surface area contributed by atoms with Gasteiger partial charge >= 0.3 is 5.97 Å². The second-order valence-corrected chi connectivity index (χ2v) is 8.58. The number of hydrogen-bond acceptors (Lipinski definition) is 6. The number of rotatable bonds is 10. The minimum absolute atomic E-state index is 0.00631. The summed E-state index contributed by atoms with van der Waals surface area (Å²) in [4.78, 5) is 50.4. The summed E-state index contributed by atoms with van der Waals surface area (Å²) in [7, 11) is 3.80. The fourth-order valence-electron chi connectivity index (χ4n) is 3.76. The number of ketones is 1. The van der Waals surface area contributed by atoms with Crippen LogP contribution >= 0.6 is 0 Å². The van der Waals surface area contributed by atoms with Gasteiger partial charge in [0.05, 0.1) is 11.7 Å². The van der Waals surface area contributed by atoms with Crippen LogP contribution in [0, 0.1) is 5.41 Å². The number of ether oxygens (including phenoxy) is 1. The number of nitrogens with one attached hydrogen (secondary N) is 1. The van der Waals surface area contributed by atoms with Crippen LogP contribution < -0.4 is 11.1 Å². The highest BCUT2D eigenvalue weighted by Crippen LogP contribution is 2.35. The normalized spacial score (nSPS) is 20.4. The molecule has 4 N–H and O–H groups in total. The molecule has 166 valence electrons. The van der Waals surface area contributed by atoms with E-state index < -0.39 is 41.4 Å². The molecule has 3 atom stereocenters. The van der Waals surface area contributed by atoms with E-state index in [2.05, 4.69) is 5.32 Å². The Bertz CT molecular complexity index is 816. The van der Waals surface area contributed by atoms with E-state index in [9.17, 15) is 24.3 Å². The molecule has 2 amide bonds. The van der Waals surface area contributed by atoms with Gasteiger partial charge in [0.1, 0.15) is 18.7 Å². The molecule has 0 bridgehead atoms. The summed E-state index contributed by atoms with van der Waals surface area (Å²) in [6, 6.07) is -0.396. The maximum atomic E-state index is 13.3. The van der Waals surface area contributed by atoms with Crippen molar-refractivity contribution in [3.8, 4) is 0 Å². The lowest BCUT2D eigenvalue weighted by Crippen LogP contribution is -2.50. The molecule has 10 nitrogen and oxygen atoms in total. The quantitative estimate of drug-likeness (QED) is 0.483. The molecule has 0 saturated carbocycles. The fourth-order valence-corrected chi connectivity index (χ4v) is 3.76. The summed E-state index contributed by atoms with van der Waals surface area (Å²) in [5, 5.41) is 12.0. The Labute approximate surface area is 175 Å². The van der Waals surface area contributed by atoms with Crippen molar-refractivity contribution >= 4 is 23.6 Å². The standard InChI is InChI=1S/C20H30N4O6/c1-20(2,9-15(21)26)17(24-8-5-12(10-24)19(28)29)18(27)22-16-13(25)11-30-14(16)6-7-23(3)4/h5,8,10,14,16-17H,6-7,9,11H2,1-4H3,(H2,21,26)(H,22,27)(H,28,29). The Hall–Kier alpha value is -2.72. The maximum absolute atomic E-state index is 13.3. The first kappa shape index (κ1) is 23.6. The van der Waals surface area contributed by atoms with Crippen molar-refractivity contribution in [3.05, 3.63) is 24.0 Å². The molecule has 1 aliphatic heterocycles. The monoisotopic (exact) mass is 422 g/mol. The maximum Gasteiger partial charge on any atom is 0.337 e. The van der Waals surface area contributed by atoms with Gasteiger partial charge in [0.25, 0.3) is 0 Å². The number of aromatic carboxylic acids is 1. The second kappa shape index (κ2) is 9.40. The first-order valence-electron chi connectivity index (χ1n) is 9.71. The molecule has 1 fully saturated rings. The average Bonchev–Trinajstić information content (AvgIpc) is 3.20. The highest BCUT2D eigenvalue weighted by Gasteiger charge is 2.42. The summed E-state index contributed by atoms with van der Waals surface area (Å²) < 4.78 is 6.99. The van der Waals surface area contributed by atoms with Crippen LogP contribution in [0.25, 0.3) is 0 Å². The lowest BCUT2D eigenvalue weighted by molar-refractivity contribution is -0.132. The molecule has 1 aromatic rings. The molecule has 1 aromatic heterocycles. The smallest absolute Gasteiger partial charge is 0.337 e. The van der Waals surface area contributed by atoms with Gasteiger partial charge in [0.2, 0.25) is 11.8 Å². The molecule has 1 saturated heterocycles. The zero-order valence-electron chi connectivity index (χ0n) is 17.8. The van der Waals surface area contributed by atoms with Gasteiger partial charge in [-0.1, -0.05) is 13.8 Å². The van der Waals surface area contributed by atoms with Crippen molar-refractivity contribution < 1.29 is 29.0 Å². The third kappa shape index (κ3) is 5.67. The first-order chi connectivity index (χ1) is 13.9. The van der Waals surface area contributed by atoms with Gasteiger partial charge in [0.15, 0.2) is 5.78 Å². The number of primary amides is 1. The minimum atomic E-state index is -1.14. The van der Waals surface area contributed by atoms with Crippen LogP contribution in [0.4, 0.5) is 0 Å². The predicted molar refractivity (Wildman–Crippen MR) is 108 cm³/mol. The number of nitrogens with two attached hydrogens (primary N) is 1. The molecule has 2 rings (SSSR count). The second-order valence-electron chi connectivity index (χ2n) is 8.58. The molecule has 1 aliphatic rings. The molecule has 3 unspecified atom stereocenters. The number of carbonyl (C=O) groups is 4. The predicted octanol–water partition coefficient (Wildman–Crippen LogP) is 0.0334. The van der Waals surface area contributed by atoms with Crippen LogP contribution in [0.3, 0.4) is 0 Å². The SMILES string of the molecule is CN(C)CCC1OCC(=O)C1NC(=O)C(n1ccc(C(=O)O)c1)C(C)(C)CC(N)=O. The summed E-state index contributed by atoms with van der Waals surface area (Å²) >= 11 is 0. The van der Waals surface area contributed by atoms with Crippen molar-refractivity contribution in [1.82, 2.24) is 14.8 Å². The number of carboxylic acids is 1. The van der Waals surface area contributed by atoms with Crippen molar-refractivity contribution in [2.45, 2.75) is 44.9 Å². The van der Waals surface area contributed by atoms with E-state index in [1.807, 2.05) is 19.0 Å². The molecule has 0 aromatic carbocycles. The topological polar surface area (TPSA) is 144 Å². The molecule has 0 spiro atoms. The van der Waals surface area contributed by atoms with Crippen LogP contribution in [-0.2, 0) is 19.1 Å². The van der Waals surface area contributed by atoms with Gasteiger partial charge in [-0.05, 0) is 26.6 Å². The lowest BCUT2D eigenvalue weighted by Gasteiger charge is -2.34. The fraction of sp³-hybridized carbons (Fsp3) is 0.600. The number of Topliss-reactive ketones (excluding diaryl/α,β-unsaturated/α-hetero) is 1. The first-order valence-corrected chi connectivity index (χ1v) is 9.71. The van der Waals surface area contributed by atoms with Gasteiger partial charge in [-0.15, -0.1) is 0 Å². The van der Waals surface area contributed by atoms with Gasteiger partial charge in [-0.25, -0.2) is 4.79 Å². The Kier molecular flexibility index (Phi) is 7.38. The minimum Gasteiger partial charge on any atom is -0.478 e. The van der Waals surface area contributed by atoms with Crippen LogP contribution in [0.1, 0.15) is 43.1 Å². The molecule has 30 heavy (non-hydrogen) atoms. The Morgan fingerprint density at radius 2 is 2.07 bits per heavy atom. The number of amides is 2. The van der Waals surface area contributed by atoms with Gasteiger partial charge in [-0.2, -0.15) is 0 Å². The zero-order valence-corrected chi connectivity index (χ0v) is 17.8. The zero-order chi connectivity index (χ0) is 22.6. The summed E-state index contributed by atoms with van der Waals surface area (Å²) in [5.41, 5.74) is 4.44. The largest absolute Gasteiger partial charge is 0.478 e. The number of nitrogens with zero attached hydrogens (tertiary/aromatic N) is 2. The van der Waals surface area contributed by atoms with Crippen molar-refractivity contribution in [3.63, 3.8) is 0 Å². The van der Waals surface area contributed by atoms with E-state index in [0.717, 1.165) is 0 Å². The third-order valence-electron chi connectivity index (χ3n) is 5.19. The number of aromatic nitrogens is 1. The Balaban J connectivity index is 2.30. The summed E-state index contributed by atoms with van der Waals surface area (Å²) in [6.07, 6.45) is 2.79.